The fourth-order valence-electron chi connectivity index (χ4n) is 1.67. The van der Waals surface area contributed by atoms with E-state index in [1.165, 1.54) is 0 Å². The minimum absolute atomic E-state index is 0.105. The van der Waals surface area contributed by atoms with Gasteiger partial charge in [-0.05, 0) is 12.8 Å². The van der Waals surface area contributed by atoms with Gasteiger partial charge in [0.25, 0.3) is 0 Å². The van der Waals surface area contributed by atoms with Crippen molar-refractivity contribution >= 4 is 24.6 Å². The van der Waals surface area contributed by atoms with Crippen molar-refractivity contribution in [3.63, 3.8) is 0 Å². The van der Waals surface area contributed by atoms with Gasteiger partial charge < -0.3 is 9.47 Å². The van der Waals surface area contributed by atoms with Gasteiger partial charge >= 0.3 is 11.9 Å². The molecule has 0 aliphatic rings. The van der Waals surface area contributed by atoms with Gasteiger partial charge in [-0.3, -0.25) is 9.59 Å². The average Bonchev–Trinajstić information content (AvgIpc) is 2.44. The molecule has 0 aliphatic heterocycles. The van der Waals surface area contributed by atoms with Crippen LogP contribution >= 0.6 is 12.6 Å². The molecule has 0 aromatic rings. The third-order valence-corrected chi connectivity index (χ3v) is 3.31. The molecule has 118 valence electrons. The first-order chi connectivity index (χ1) is 9.63. The van der Waals surface area contributed by atoms with Crippen molar-refractivity contribution < 1.29 is 19.1 Å². The molecule has 0 aliphatic carbocycles. The van der Waals surface area contributed by atoms with Gasteiger partial charge in [0.2, 0.25) is 0 Å². The number of esters is 2. The van der Waals surface area contributed by atoms with Crippen molar-refractivity contribution in [1.82, 2.24) is 0 Å². The topological polar surface area (TPSA) is 52.6 Å². The lowest BCUT2D eigenvalue weighted by molar-refractivity contribution is -0.157. The summed E-state index contributed by atoms with van der Waals surface area (Å²) in [5.41, 5.74) is 0. The predicted octanol–water partition coefficient (Wildman–Crippen LogP) is 3.53. The fourth-order valence-corrected chi connectivity index (χ4v) is 1.85. The summed E-state index contributed by atoms with van der Waals surface area (Å²) in [6.07, 6.45) is 6.27. The maximum Gasteiger partial charge on any atom is 0.306 e. The van der Waals surface area contributed by atoms with Crippen LogP contribution in [0.1, 0.15) is 65.2 Å². The molecule has 0 fully saturated rings. The zero-order chi connectivity index (χ0) is 15.2. The maximum absolute atomic E-state index is 11.5. The van der Waals surface area contributed by atoms with E-state index in [-0.39, 0.29) is 18.5 Å². The summed E-state index contributed by atoms with van der Waals surface area (Å²) in [5.74, 6) is -0.103. The van der Waals surface area contributed by atoms with Gasteiger partial charge in [0.05, 0.1) is 0 Å². The van der Waals surface area contributed by atoms with E-state index in [0.29, 0.717) is 18.6 Å². The highest BCUT2D eigenvalue weighted by molar-refractivity contribution is 7.80. The zero-order valence-corrected chi connectivity index (χ0v) is 13.6. The van der Waals surface area contributed by atoms with Crippen molar-refractivity contribution in [2.45, 2.75) is 71.3 Å². The van der Waals surface area contributed by atoms with Crippen LogP contribution < -0.4 is 0 Å². The number of rotatable bonds is 12. The normalized spacial score (nSPS) is 11.9. The Hall–Kier alpha value is -0.710. The highest BCUT2D eigenvalue weighted by Crippen LogP contribution is 2.06. The van der Waals surface area contributed by atoms with E-state index >= 15 is 0 Å². The van der Waals surface area contributed by atoms with Crippen LogP contribution in [0.5, 0.6) is 0 Å². The molecule has 0 rings (SSSR count). The summed E-state index contributed by atoms with van der Waals surface area (Å²) in [6.45, 7) is 4.27. The Morgan fingerprint density at radius 2 is 1.50 bits per heavy atom. The number of carbonyl (C=O) groups excluding carboxylic acids is 2. The van der Waals surface area contributed by atoms with Crippen LogP contribution in [0.3, 0.4) is 0 Å². The molecule has 0 heterocycles. The molecule has 0 aromatic carbocycles. The van der Waals surface area contributed by atoms with Crippen molar-refractivity contribution in [3.05, 3.63) is 0 Å². The van der Waals surface area contributed by atoms with Gasteiger partial charge in [-0.2, -0.15) is 12.6 Å². The van der Waals surface area contributed by atoms with Crippen LogP contribution in [0.4, 0.5) is 0 Å². The van der Waals surface area contributed by atoms with Gasteiger partial charge in [-0.15, -0.1) is 0 Å². The Morgan fingerprint density at radius 1 is 0.950 bits per heavy atom. The average molecular weight is 304 g/mol. The quantitative estimate of drug-likeness (QED) is 0.340. The lowest BCUT2D eigenvalue weighted by Crippen LogP contribution is -2.26. The summed E-state index contributed by atoms with van der Waals surface area (Å²) < 4.78 is 10.3. The monoisotopic (exact) mass is 304 g/mol. The molecule has 4 nitrogen and oxygen atoms in total. The first-order valence-electron chi connectivity index (χ1n) is 7.59. The van der Waals surface area contributed by atoms with Crippen LogP contribution in [0.15, 0.2) is 0 Å². The molecular formula is C15H28O4S. The summed E-state index contributed by atoms with van der Waals surface area (Å²) in [5, 5.41) is 0. The lowest BCUT2D eigenvalue weighted by Gasteiger charge is -2.16. The molecule has 0 N–H and O–H groups in total. The number of carbonyl (C=O) groups is 2. The SMILES string of the molecule is CCCCCC(=O)OC[C@H](CS)OC(=O)CCCCC. The molecule has 5 heteroatoms. The number of ether oxygens (including phenoxy) is 2. The van der Waals surface area contributed by atoms with E-state index in [0.717, 1.165) is 38.5 Å². The molecule has 0 saturated carbocycles. The molecular weight excluding hydrogens is 276 g/mol. The summed E-state index contributed by atoms with van der Waals surface area (Å²) in [6, 6.07) is 0. The third-order valence-electron chi connectivity index (χ3n) is 2.90. The number of thiol groups is 1. The molecule has 0 aromatic heterocycles. The first-order valence-corrected chi connectivity index (χ1v) is 8.23. The fraction of sp³-hybridized carbons (Fsp3) is 0.867. The molecule has 0 radical (unpaired) electrons. The van der Waals surface area contributed by atoms with E-state index in [4.69, 9.17) is 9.47 Å². The Kier molecular flexibility index (Phi) is 12.8. The second kappa shape index (κ2) is 13.3. The third kappa shape index (κ3) is 11.1. The Morgan fingerprint density at radius 3 is 2.00 bits per heavy atom. The highest BCUT2D eigenvalue weighted by Gasteiger charge is 2.15. The minimum atomic E-state index is -0.442. The molecule has 0 saturated heterocycles. The van der Waals surface area contributed by atoms with Gasteiger partial charge in [0.1, 0.15) is 12.7 Å². The van der Waals surface area contributed by atoms with E-state index in [1.807, 2.05) is 0 Å². The van der Waals surface area contributed by atoms with E-state index in [1.54, 1.807) is 0 Å². The van der Waals surface area contributed by atoms with Crippen LogP contribution in [0.2, 0.25) is 0 Å². The molecule has 0 amide bonds. The molecule has 0 bridgehead atoms. The van der Waals surface area contributed by atoms with E-state index < -0.39 is 6.10 Å². The van der Waals surface area contributed by atoms with Crippen molar-refractivity contribution in [2.24, 2.45) is 0 Å². The zero-order valence-electron chi connectivity index (χ0n) is 12.7. The Labute approximate surface area is 128 Å². The van der Waals surface area contributed by atoms with Gasteiger partial charge in [-0.25, -0.2) is 0 Å². The Bertz CT molecular complexity index is 269. The van der Waals surface area contributed by atoms with Gasteiger partial charge in [0, 0.05) is 18.6 Å². The number of hydrogen-bond donors (Lipinski definition) is 1. The van der Waals surface area contributed by atoms with Gasteiger partial charge in [-0.1, -0.05) is 39.5 Å². The molecule has 20 heavy (non-hydrogen) atoms. The van der Waals surface area contributed by atoms with Gasteiger partial charge in [0.15, 0.2) is 0 Å². The molecule has 0 unspecified atom stereocenters. The largest absolute Gasteiger partial charge is 0.462 e. The minimum Gasteiger partial charge on any atom is -0.462 e. The smallest absolute Gasteiger partial charge is 0.306 e. The highest BCUT2D eigenvalue weighted by atomic mass is 32.1. The van der Waals surface area contributed by atoms with Crippen LogP contribution in [-0.4, -0.2) is 30.4 Å². The van der Waals surface area contributed by atoms with Crippen LogP contribution in [-0.2, 0) is 19.1 Å². The second-order valence-corrected chi connectivity index (χ2v) is 5.26. The maximum atomic E-state index is 11.5. The summed E-state index contributed by atoms with van der Waals surface area (Å²) in [7, 11) is 0. The van der Waals surface area contributed by atoms with Crippen molar-refractivity contribution in [1.29, 1.82) is 0 Å². The van der Waals surface area contributed by atoms with Crippen molar-refractivity contribution in [3.8, 4) is 0 Å². The summed E-state index contributed by atoms with van der Waals surface area (Å²) >= 11 is 4.12. The second-order valence-electron chi connectivity index (χ2n) is 4.89. The first kappa shape index (κ1) is 19.3. The van der Waals surface area contributed by atoms with Crippen LogP contribution in [0.25, 0.3) is 0 Å². The predicted molar refractivity (Wildman–Crippen MR) is 83.0 cm³/mol. The van der Waals surface area contributed by atoms with Crippen LogP contribution in [0, 0.1) is 0 Å². The van der Waals surface area contributed by atoms with E-state index in [2.05, 4.69) is 26.5 Å². The number of hydrogen-bond acceptors (Lipinski definition) is 5. The number of unbranched alkanes of at least 4 members (excludes halogenated alkanes) is 4. The summed E-state index contributed by atoms with van der Waals surface area (Å²) in [4.78, 5) is 23.0. The van der Waals surface area contributed by atoms with Crippen molar-refractivity contribution in [2.75, 3.05) is 12.4 Å². The van der Waals surface area contributed by atoms with E-state index in [9.17, 15) is 9.59 Å². The lowest BCUT2D eigenvalue weighted by atomic mass is 10.2. The molecule has 0 spiro atoms. The Balaban J connectivity index is 3.79. The standard InChI is InChI=1S/C15H28O4S/c1-3-5-7-9-14(16)18-11-13(12-20)19-15(17)10-8-6-4-2/h13,20H,3-12H2,1-2H3/t13-/m1/s1. The molecule has 1 atom stereocenters.